The number of hydrogen-bond donors (Lipinski definition) is 1. The molecule has 0 amide bonds. The molecule has 0 unspecified atom stereocenters. The standard InChI is InChI=1S/C8H10N4O/c1-13-8-7(10-4-2-3-9)11-5-6-12-8/h5-6H,2,4H2,1H3,(H,10,11). The van der Waals surface area contributed by atoms with Gasteiger partial charge in [0.1, 0.15) is 0 Å². The maximum Gasteiger partial charge on any atom is 0.257 e. The van der Waals surface area contributed by atoms with Crippen molar-refractivity contribution in [3.8, 4) is 11.9 Å². The highest BCUT2D eigenvalue weighted by Crippen LogP contribution is 2.15. The molecule has 0 fully saturated rings. The zero-order valence-corrected chi connectivity index (χ0v) is 7.32. The maximum absolute atomic E-state index is 8.31. The summed E-state index contributed by atoms with van der Waals surface area (Å²) in [5.74, 6) is 1.01. The van der Waals surface area contributed by atoms with Gasteiger partial charge in [0, 0.05) is 18.9 Å². The quantitative estimate of drug-likeness (QED) is 0.691. The molecule has 0 radical (unpaired) electrons. The Morgan fingerprint density at radius 2 is 2.31 bits per heavy atom. The highest BCUT2D eigenvalue weighted by molar-refractivity contribution is 5.44. The first-order chi connectivity index (χ1) is 6.38. The minimum absolute atomic E-state index is 0.430. The third-order valence-corrected chi connectivity index (χ3v) is 1.39. The van der Waals surface area contributed by atoms with Crippen LogP contribution in [0.2, 0.25) is 0 Å². The van der Waals surface area contributed by atoms with Gasteiger partial charge in [0.05, 0.1) is 19.6 Å². The van der Waals surface area contributed by atoms with E-state index in [9.17, 15) is 0 Å². The van der Waals surface area contributed by atoms with E-state index >= 15 is 0 Å². The molecule has 5 heteroatoms. The second-order valence-electron chi connectivity index (χ2n) is 2.25. The molecule has 68 valence electrons. The van der Waals surface area contributed by atoms with Gasteiger partial charge in [-0.15, -0.1) is 0 Å². The Labute approximate surface area is 76.4 Å². The fourth-order valence-electron chi connectivity index (χ4n) is 0.833. The number of nitrogens with one attached hydrogen (secondary N) is 1. The molecular weight excluding hydrogens is 168 g/mol. The van der Waals surface area contributed by atoms with Crippen LogP contribution in [0.15, 0.2) is 12.4 Å². The molecule has 1 heterocycles. The zero-order valence-electron chi connectivity index (χ0n) is 7.32. The summed E-state index contributed by atoms with van der Waals surface area (Å²) in [6.45, 7) is 0.547. The number of ether oxygens (including phenoxy) is 1. The highest BCUT2D eigenvalue weighted by Gasteiger charge is 2.02. The highest BCUT2D eigenvalue weighted by atomic mass is 16.5. The third-order valence-electron chi connectivity index (χ3n) is 1.39. The number of nitriles is 1. The van der Waals surface area contributed by atoms with Crippen LogP contribution in [0.25, 0.3) is 0 Å². The van der Waals surface area contributed by atoms with Gasteiger partial charge in [0.25, 0.3) is 5.88 Å². The van der Waals surface area contributed by atoms with Crippen LogP contribution < -0.4 is 10.1 Å². The van der Waals surface area contributed by atoms with Crippen molar-refractivity contribution in [1.82, 2.24) is 9.97 Å². The summed E-state index contributed by atoms with van der Waals surface area (Å²) in [5.41, 5.74) is 0. The Morgan fingerprint density at radius 3 is 3.00 bits per heavy atom. The topological polar surface area (TPSA) is 70.8 Å². The van der Waals surface area contributed by atoms with Gasteiger partial charge in [-0.1, -0.05) is 0 Å². The predicted molar refractivity (Wildman–Crippen MR) is 47.3 cm³/mol. The van der Waals surface area contributed by atoms with Gasteiger partial charge in [-0.3, -0.25) is 0 Å². The molecule has 0 aromatic carbocycles. The minimum Gasteiger partial charge on any atom is -0.478 e. The van der Waals surface area contributed by atoms with Crippen LogP contribution in [0, 0.1) is 11.3 Å². The van der Waals surface area contributed by atoms with E-state index in [-0.39, 0.29) is 0 Å². The van der Waals surface area contributed by atoms with Crippen molar-refractivity contribution in [2.75, 3.05) is 19.0 Å². The van der Waals surface area contributed by atoms with Gasteiger partial charge in [-0.05, 0) is 0 Å². The largest absolute Gasteiger partial charge is 0.478 e. The summed E-state index contributed by atoms with van der Waals surface area (Å²) in [6.07, 6.45) is 3.55. The zero-order chi connectivity index (χ0) is 9.52. The lowest BCUT2D eigenvalue weighted by molar-refractivity contribution is 0.398. The lowest BCUT2D eigenvalue weighted by atomic mass is 10.4. The lowest BCUT2D eigenvalue weighted by Gasteiger charge is -2.05. The molecule has 13 heavy (non-hydrogen) atoms. The maximum atomic E-state index is 8.31. The predicted octanol–water partition coefficient (Wildman–Crippen LogP) is 0.811. The number of rotatable bonds is 4. The van der Waals surface area contributed by atoms with Crippen LogP contribution in [0.1, 0.15) is 6.42 Å². The first-order valence-electron chi connectivity index (χ1n) is 3.84. The van der Waals surface area contributed by atoms with Gasteiger partial charge in [0.2, 0.25) is 0 Å². The summed E-state index contributed by atoms with van der Waals surface area (Å²) in [4.78, 5) is 7.96. The summed E-state index contributed by atoms with van der Waals surface area (Å²) in [6, 6.07) is 2.02. The van der Waals surface area contributed by atoms with Crippen LogP contribution in [-0.4, -0.2) is 23.6 Å². The van der Waals surface area contributed by atoms with Crippen molar-refractivity contribution in [2.45, 2.75) is 6.42 Å². The van der Waals surface area contributed by atoms with Crippen LogP contribution in [0.3, 0.4) is 0 Å². The first kappa shape index (κ1) is 9.26. The van der Waals surface area contributed by atoms with Gasteiger partial charge in [-0.25, -0.2) is 9.97 Å². The number of nitrogens with zero attached hydrogens (tertiary/aromatic N) is 3. The van der Waals surface area contributed by atoms with Crippen molar-refractivity contribution in [1.29, 1.82) is 5.26 Å². The number of hydrogen-bond acceptors (Lipinski definition) is 5. The molecule has 0 aliphatic heterocycles. The Bertz CT molecular complexity index is 307. The van der Waals surface area contributed by atoms with Gasteiger partial charge in [0.15, 0.2) is 5.82 Å². The van der Waals surface area contributed by atoms with Crippen molar-refractivity contribution in [3.05, 3.63) is 12.4 Å². The first-order valence-corrected chi connectivity index (χ1v) is 3.84. The molecule has 5 nitrogen and oxygen atoms in total. The van der Waals surface area contributed by atoms with E-state index in [1.165, 1.54) is 7.11 Å². The fourth-order valence-corrected chi connectivity index (χ4v) is 0.833. The van der Waals surface area contributed by atoms with E-state index in [0.717, 1.165) is 0 Å². The molecule has 0 aliphatic rings. The second-order valence-corrected chi connectivity index (χ2v) is 2.25. The summed E-state index contributed by atoms with van der Waals surface area (Å²) < 4.78 is 4.96. The monoisotopic (exact) mass is 178 g/mol. The Hall–Kier alpha value is -1.83. The molecule has 0 saturated carbocycles. The van der Waals surface area contributed by atoms with E-state index < -0.39 is 0 Å². The fraction of sp³-hybridized carbons (Fsp3) is 0.375. The van der Waals surface area contributed by atoms with E-state index in [2.05, 4.69) is 15.3 Å². The molecule has 0 saturated heterocycles. The van der Waals surface area contributed by atoms with Crippen molar-refractivity contribution < 1.29 is 4.74 Å². The molecule has 0 spiro atoms. The molecule has 0 bridgehead atoms. The normalized spacial score (nSPS) is 8.92. The number of aromatic nitrogens is 2. The Balaban J connectivity index is 2.60. The van der Waals surface area contributed by atoms with E-state index in [1.54, 1.807) is 12.4 Å². The van der Waals surface area contributed by atoms with E-state index in [4.69, 9.17) is 10.00 Å². The smallest absolute Gasteiger partial charge is 0.257 e. The molecule has 0 aliphatic carbocycles. The van der Waals surface area contributed by atoms with E-state index in [1.807, 2.05) is 6.07 Å². The van der Waals surface area contributed by atoms with Crippen molar-refractivity contribution in [3.63, 3.8) is 0 Å². The van der Waals surface area contributed by atoms with Gasteiger partial charge < -0.3 is 10.1 Å². The van der Waals surface area contributed by atoms with Crippen molar-refractivity contribution in [2.24, 2.45) is 0 Å². The summed E-state index contributed by atoms with van der Waals surface area (Å²) in [7, 11) is 1.53. The summed E-state index contributed by atoms with van der Waals surface area (Å²) in [5, 5.41) is 11.3. The van der Waals surface area contributed by atoms with Crippen LogP contribution in [-0.2, 0) is 0 Å². The SMILES string of the molecule is COc1nccnc1NCCC#N. The van der Waals surface area contributed by atoms with Gasteiger partial charge >= 0.3 is 0 Å². The second kappa shape index (κ2) is 4.93. The molecule has 1 rings (SSSR count). The van der Waals surface area contributed by atoms with Crippen molar-refractivity contribution >= 4 is 5.82 Å². The molecule has 1 aromatic rings. The lowest BCUT2D eigenvalue weighted by Crippen LogP contribution is -2.05. The average Bonchev–Trinajstić information content (AvgIpc) is 2.19. The Kier molecular flexibility index (Phi) is 3.51. The van der Waals surface area contributed by atoms with Crippen LogP contribution in [0.4, 0.5) is 5.82 Å². The van der Waals surface area contributed by atoms with E-state index in [0.29, 0.717) is 24.7 Å². The number of methoxy groups -OCH3 is 1. The number of anilines is 1. The average molecular weight is 178 g/mol. The Morgan fingerprint density at radius 1 is 1.54 bits per heavy atom. The summed E-state index contributed by atoms with van der Waals surface area (Å²) >= 11 is 0. The van der Waals surface area contributed by atoms with Crippen LogP contribution in [0.5, 0.6) is 5.88 Å². The molecule has 0 atom stereocenters. The van der Waals surface area contributed by atoms with Crippen LogP contribution >= 0.6 is 0 Å². The van der Waals surface area contributed by atoms with Gasteiger partial charge in [-0.2, -0.15) is 5.26 Å². The molecular formula is C8H10N4O. The molecule has 1 aromatic heterocycles. The molecule has 1 N–H and O–H groups in total. The minimum atomic E-state index is 0.430. The third kappa shape index (κ3) is 2.60.